The largest absolute Gasteiger partial charge is 0.508 e. The van der Waals surface area contributed by atoms with E-state index < -0.39 is 0 Å². The smallest absolute Gasteiger partial charge is 0.116 e. The van der Waals surface area contributed by atoms with Gasteiger partial charge in [-0.2, -0.15) is 0 Å². The molecule has 1 aromatic carbocycles. The van der Waals surface area contributed by atoms with Crippen molar-refractivity contribution in [3.8, 4) is 5.75 Å². The summed E-state index contributed by atoms with van der Waals surface area (Å²) in [7, 11) is 0. The van der Waals surface area contributed by atoms with Gasteiger partial charge in [0.05, 0.1) is 0 Å². The van der Waals surface area contributed by atoms with E-state index in [1.54, 1.807) is 0 Å². The SMILES string of the molecule is C=C(C)C[C@H](c1c(C)cc(O)cc1C)N1CCNCC1. The Balaban J connectivity index is 2.37. The van der Waals surface area contributed by atoms with Gasteiger partial charge < -0.3 is 10.4 Å². The van der Waals surface area contributed by atoms with Crippen molar-refractivity contribution in [1.82, 2.24) is 10.2 Å². The van der Waals surface area contributed by atoms with Crippen LogP contribution in [0.25, 0.3) is 0 Å². The van der Waals surface area contributed by atoms with Crippen LogP contribution in [0.15, 0.2) is 24.3 Å². The quantitative estimate of drug-likeness (QED) is 0.829. The average Bonchev–Trinajstić information content (AvgIpc) is 2.37. The van der Waals surface area contributed by atoms with Crippen LogP contribution in [0.2, 0.25) is 0 Å². The summed E-state index contributed by atoms with van der Waals surface area (Å²) in [5.74, 6) is 0.359. The number of rotatable bonds is 4. The Kier molecular flexibility index (Phi) is 4.84. The maximum Gasteiger partial charge on any atom is 0.116 e. The van der Waals surface area contributed by atoms with Crippen molar-refractivity contribution >= 4 is 0 Å². The molecule has 1 atom stereocenters. The van der Waals surface area contributed by atoms with Crippen molar-refractivity contribution in [2.24, 2.45) is 0 Å². The lowest BCUT2D eigenvalue weighted by Crippen LogP contribution is -2.45. The van der Waals surface area contributed by atoms with Gasteiger partial charge in [-0.15, -0.1) is 6.58 Å². The Morgan fingerprint density at radius 2 is 1.85 bits per heavy atom. The number of phenolic OH excluding ortho intramolecular Hbond substituents is 1. The number of hydrogen-bond acceptors (Lipinski definition) is 3. The number of hydrogen-bond donors (Lipinski definition) is 2. The zero-order chi connectivity index (χ0) is 14.7. The first-order valence-electron chi connectivity index (χ1n) is 7.38. The number of aryl methyl sites for hydroxylation is 2. The van der Waals surface area contributed by atoms with Gasteiger partial charge in [0.1, 0.15) is 5.75 Å². The van der Waals surface area contributed by atoms with Crippen LogP contribution in [0.1, 0.15) is 36.1 Å². The van der Waals surface area contributed by atoms with Crippen molar-refractivity contribution < 1.29 is 5.11 Å². The van der Waals surface area contributed by atoms with Crippen LogP contribution in [0.5, 0.6) is 5.75 Å². The normalized spacial score (nSPS) is 17.9. The molecule has 110 valence electrons. The fraction of sp³-hybridized carbons (Fsp3) is 0.529. The van der Waals surface area contributed by atoms with Crippen LogP contribution in [0.3, 0.4) is 0 Å². The molecule has 0 bridgehead atoms. The summed E-state index contributed by atoms with van der Waals surface area (Å²) in [6, 6.07) is 4.11. The molecule has 0 aromatic heterocycles. The van der Waals surface area contributed by atoms with Gasteiger partial charge in [-0.05, 0) is 56.0 Å². The molecule has 20 heavy (non-hydrogen) atoms. The minimum Gasteiger partial charge on any atom is -0.508 e. The van der Waals surface area contributed by atoms with Gasteiger partial charge >= 0.3 is 0 Å². The molecular formula is C17H26N2O. The third kappa shape index (κ3) is 3.41. The molecule has 0 radical (unpaired) electrons. The summed E-state index contributed by atoms with van der Waals surface area (Å²) < 4.78 is 0. The van der Waals surface area contributed by atoms with E-state index in [0.717, 1.165) is 32.6 Å². The Bertz CT molecular complexity index is 467. The first-order valence-corrected chi connectivity index (χ1v) is 7.38. The lowest BCUT2D eigenvalue weighted by atomic mass is 9.90. The summed E-state index contributed by atoms with van der Waals surface area (Å²) >= 11 is 0. The highest BCUT2D eigenvalue weighted by molar-refractivity contribution is 5.42. The van der Waals surface area contributed by atoms with E-state index in [-0.39, 0.29) is 0 Å². The van der Waals surface area contributed by atoms with Crippen molar-refractivity contribution in [2.45, 2.75) is 33.2 Å². The van der Waals surface area contributed by atoms with Gasteiger partial charge in [-0.1, -0.05) is 5.57 Å². The van der Waals surface area contributed by atoms with Crippen LogP contribution in [-0.4, -0.2) is 36.2 Å². The molecule has 1 heterocycles. The molecule has 3 heteroatoms. The number of nitrogens with zero attached hydrogens (tertiary/aromatic N) is 1. The van der Waals surface area contributed by atoms with Gasteiger partial charge in [0.25, 0.3) is 0 Å². The molecule has 1 aliphatic rings. The molecule has 2 rings (SSSR count). The lowest BCUT2D eigenvalue weighted by Gasteiger charge is -2.37. The van der Waals surface area contributed by atoms with E-state index in [1.165, 1.54) is 22.3 Å². The molecule has 0 spiro atoms. The van der Waals surface area contributed by atoms with Gasteiger partial charge in [-0.3, -0.25) is 4.90 Å². The Morgan fingerprint density at radius 3 is 2.35 bits per heavy atom. The lowest BCUT2D eigenvalue weighted by molar-refractivity contribution is 0.171. The number of nitrogens with one attached hydrogen (secondary N) is 1. The van der Waals surface area contributed by atoms with E-state index in [0.29, 0.717) is 11.8 Å². The molecular weight excluding hydrogens is 248 g/mol. The van der Waals surface area contributed by atoms with Crippen molar-refractivity contribution in [3.05, 3.63) is 41.0 Å². The fourth-order valence-corrected chi connectivity index (χ4v) is 3.22. The highest BCUT2D eigenvalue weighted by Crippen LogP contribution is 2.34. The molecule has 3 nitrogen and oxygen atoms in total. The maximum absolute atomic E-state index is 9.75. The predicted octanol–water partition coefficient (Wildman–Crippen LogP) is 2.92. The molecule has 1 saturated heterocycles. The summed E-state index contributed by atoms with van der Waals surface area (Å²) in [5, 5.41) is 13.2. The fourth-order valence-electron chi connectivity index (χ4n) is 3.22. The van der Waals surface area contributed by atoms with Gasteiger partial charge in [0, 0.05) is 32.2 Å². The molecule has 1 fully saturated rings. The molecule has 0 unspecified atom stereocenters. The topological polar surface area (TPSA) is 35.5 Å². The zero-order valence-electron chi connectivity index (χ0n) is 12.9. The van der Waals surface area contributed by atoms with Gasteiger partial charge in [0.2, 0.25) is 0 Å². The van der Waals surface area contributed by atoms with Crippen LogP contribution >= 0.6 is 0 Å². The van der Waals surface area contributed by atoms with Crippen LogP contribution < -0.4 is 5.32 Å². The summed E-state index contributed by atoms with van der Waals surface area (Å²) in [5.41, 5.74) is 4.91. The van der Waals surface area contributed by atoms with Crippen molar-refractivity contribution in [1.29, 1.82) is 0 Å². The second-order valence-corrected chi connectivity index (χ2v) is 5.96. The Morgan fingerprint density at radius 1 is 1.30 bits per heavy atom. The van der Waals surface area contributed by atoms with Gasteiger partial charge in [-0.25, -0.2) is 0 Å². The molecule has 2 N–H and O–H groups in total. The van der Waals surface area contributed by atoms with E-state index in [1.807, 2.05) is 12.1 Å². The molecule has 1 aliphatic heterocycles. The highest BCUT2D eigenvalue weighted by atomic mass is 16.3. The number of aromatic hydroxyl groups is 1. The second-order valence-electron chi connectivity index (χ2n) is 5.96. The van der Waals surface area contributed by atoms with Crippen molar-refractivity contribution in [2.75, 3.05) is 26.2 Å². The van der Waals surface area contributed by atoms with E-state index in [4.69, 9.17) is 0 Å². The Hall–Kier alpha value is -1.32. The van der Waals surface area contributed by atoms with Gasteiger partial charge in [0.15, 0.2) is 0 Å². The third-order valence-corrected chi connectivity index (χ3v) is 4.05. The first-order chi connectivity index (χ1) is 9.49. The summed E-state index contributed by atoms with van der Waals surface area (Å²) in [6.07, 6.45) is 0.979. The molecule has 0 saturated carbocycles. The summed E-state index contributed by atoms with van der Waals surface area (Å²) in [6.45, 7) is 14.6. The van der Waals surface area contributed by atoms with E-state index in [9.17, 15) is 5.11 Å². The zero-order valence-corrected chi connectivity index (χ0v) is 12.9. The minimum absolute atomic E-state index is 0.359. The number of benzene rings is 1. The molecule has 1 aromatic rings. The first kappa shape index (κ1) is 15.1. The van der Waals surface area contributed by atoms with Crippen LogP contribution in [-0.2, 0) is 0 Å². The van der Waals surface area contributed by atoms with E-state index in [2.05, 4.69) is 37.6 Å². The maximum atomic E-state index is 9.75. The van der Waals surface area contributed by atoms with Crippen LogP contribution in [0.4, 0.5) is 0 Å². The Labute approximate surface area is 122 Å². The number of phenols is 1. The standard InChI is InChI=1S/C17H26N2O/c1-12(2)9-16(19-7-5-18-6-8-19)17-13(3)10-15(20)11-14(17)4/h10-11,16,18,20H,1,5-9H2,2-4H3/t16-/m1/s1. The highest BCUT2D eigenvalue weighted by Gasteiger charge is 2.25. The molecule has 0 aliphatic carbocycles. The summed E-state index contributed by atoms with van der Waals surface area (Å²) in [4.78, 5) is 2.54. The van der Waals surface area contributed by atoms with Crippen molar-refractivity contribution in [3.63, 3.8) is 0 Å². The predicted molar refractivity (Wildman–Crippen MR) is 84.2 cm³/mol. The van der Waals surface area contributed by atoms with Crippen LogP contribution in [0, 0.1) is 13.8 Å². The second kappa shape index (κ2) is 6.42. The number of piperazine rings is 1. The average molecular weight is 274 g/mol. The van der Waals surface area contributed by atoms with E-state index >= 15 is 0 Å². The molecule has 0 amide bonds. The minimum atomic E-state index is 0.359. The third-order valence-electron chi connectivity index (χ3n) is 4.05. The monoisotopic (exact) mass is 274 g/mol.